The van der Waals surface area contributed by atoms with E-state index in [1.807, 2.05) is 20.8 Å². The normalized spacial score (nSPS) is 24.8. The quantitative estimate of drug-likeness (QED) is 0.782. The van der Waals surface area contributed by atoms with Crippen molar-refractivity contribution in [3.05, 3.63) is 0 Å². The number of morpholine rings is 1. The monoisotopic (exact) mass is 353 g/mol. The SMILES string of the molecule is CC(C)(C)OC(=O)N1CCN2C(NCCN3CCOCC3)=NCC2C1. The van der Waals surface area contributed by atoms with Gasteiger partial charge in [-0.2, -0.15) is 0 Å². The van der Waals surface area contributed by atoms with E-state index >= 15 is 0 Å². The molecular weight excluding hydrogens is 322 g/mol. The predicted molar refractivity (Wildman–Crippen MR) is 95.9 cm³/mol. The van der Waals surface area contributed by atoms with E-state index < -0.39 is 5.60 Å². The molecule has 8 heteroatoms. The topological polar surface area (TPSA) is 69.6 Å². The Kier molecular flexibility index (Phi) is 5.68. The van der Waals surface area contributed by atoms with Gasteiger partial charge in [0.05, 0.1) is 25.8 Å². The summed E-state index contributed by atoms with van der Waals surface area (Å²) in [5.74, 6) is 0.974. The Morgan fingerprint density at radius 1 is 1.28 bits per heavy atom. The number of rotatable bonds is 3. The molecule has 25 heavy (non-hydrogen) atoms. The van der Waals surface area contributed by atoms with Crippen molar-refractivity contribution in [1.29, 1.82) is 0 Å². The Morgan fingerprint density at radius 2 is 2.04 bits per heavy atom. The van der Waals surface area contributed by atoms with Gasteiger partial charge >= 0.3 is 6.09 Å². The molecule has 3 aliphatic heterocycles. The van der Waals surface area contributed by atoms with E-state index in [1.165, 1.54) is 0 Å². The maximum absolute atomic E-state index is 12.2. The summed E-state index contributed by atoms with van der Waals surface area (Å²) in [7, 11) is 0. The molecule has 1 N–H and O–H groups in total. The summed E-state index contributed by atoms with van der Waals surface area (Å²) < 4.78 is 10.9. The van der Waals surface area contributed by atoms with Gasteiger partial charge < -0.3 is 24.6 Å². The molecule has 0 spiro atoms. The minimum Gasteiger partial charge on any atom is -0.444 e. The molecule has 0 radical (unpaired) electrons. The highest BCUT2D eigenvalue weighted by atomic mass is 16.6. The number of hydrogen-bond acceptors (Lipinski definition) is 7. The second-order valence-corrected chi connectivity index (χ2v) is 7.82. The molecule has 3 rings (SSSR count). The van der Waals surface area contributed by atoms with Crippen molar-refractivity contribution in [2.45, 2.75) is 32.4 Å². The molecule has 8 nitrogen and oxygen atoms in total. The highest BCUT2D eigenvalue weighted by Crippen LogP contribution is 2.18. The first-order valence-corrected chi connectivity index (χ1v) is 9.25. The summed E-state index contributed by atoms with van der Waals surface area (Å²) in [6, 6.07) is 0.257. The summed E-state index contributed by atoms with van der Waals surface area (Å²) >= 11 is 0. The van der Waals surface area contributed by atoms with Crippen LogP contribution in [0.25, 0.3) is 0 Å². The van der Waals surface area contributed by atoms with Crippen molar-refractivity contribution in [3.8, 4) is 0 Å². The lowest BCUT2D eigenvalue weighted by Gasteiger charge is -2.39. The standard InChI is InChI=1S/C17H31N5O3/c1-17(2,3)25-16(23)21-6-7-22-14(13-21)12-19-15(22)18-4-5-20-8-10-24-11-9-20/h14H,4-13H2,1-3H3,(H,18,19). The smallest absolute Gasteiger partial charge is 0.410 e. The Labute approximate surface area is 150 Å². The third kappa shape index (κ3) is 4.98. The third-order valence-corrected chi connectivity index (χ3v) is 4.67. The van der Waals surface area contributed by atoms with E-state index in [4.69, 9.17) is 9.47 Å². The lowest BCUT2D eigenvalue weighted by molar-refractivity contribution is 0.0137. The van der Waals surface area contributed by atoms with Gasteiger partial charge in [-0.1, -0.05) is 0 Å². The van der Waals surface area contributed by atoms with Crippen LogP contribution < -0.4 is 5.32 Å². The van der Waals surface area contributed by atoms with E-state index in [9.17, 15) is 4.79 Å². The number of guanidine groups is 1. The Hall–Kier alpha value is -1.54. The zero-order chi connectivity index (χ0) is 17.9. The van der Waals surface area contributed by atoms with Crippen LogP contribution in [0.3, 0.4) is 0 Å². The van der Waals surface area contributed by atoms with Crippen LogP contribution in [0.4, 0.5) is 4.79 Å². The number of carbonyl (C=O) groups excluding carboxylic acids is 1. The van der Waals surface area contributed by atoms with Crippen molar-refractivity contribution in [2.24, 2.45) is 4.99 Å². The molecule has 0 aromatic carbocycles. The average molecular weight is 353 g/mol. The lowest BCUT2D eigenvalue weighted by Crippen LogP contribution is -2.58. The van der Waals surface area contributed by atoms with E-state index in [2.05, 4.69) is 20.1 Å². The Balaban J connectivity index is 1.42. The van der Waals surface area contributed by atoms with Crippen molar-refractivity contribution in [2.75, 3.05) is 65.6 Å². The maximum Gasteiger partial charge on any atom is 0.410 e. The molecule has 0 aliphatic carbocycles. The van der Waals surface area contributed by atoms with Gasteiger partial charge in [-0.3, -0.25) is 9.89 Å². The minimum absolute atomic E-state index is 0.221. The number of nitrogens with one attached hydrogen (secondary N) is 1. The van der Waals surface area contributed by atoms with Crippen LogP contribution in [0.1, 0.15) is 20.8 Å². The maximum atomic E-state index is 12.2. The molecule has 2 fully saturated rings. The average Bonchev–Trinajstić information content (AvgIpc) is 2.97. The van der Waals surface area contributed by atoms with Gasteiger partial charge in [-0.25, -0.2) is 4.79 Å². The fourth-order valence-corrected chi connectivity index (χ4v) is 3.37. The minimum atomic E-state index is -0.452. The van der Waals surface area contributed by atoms with Crippen LogP contribution in [0.2, 0.25) is 0 Å². The predicted octanol–water partition coefficient (Wildman–Crippen LogP) is 0.199. The molecule has 3 heterocycles. The van der Waals surface area contributed by atoms with Crippen LogP contribution >= 0.6 is 0 Å². The van der Waals surface area contributed by atoms with Gasteiger partial charge in [0.1, 0.15) is 5.60 Å². The number of piperazine rings is 1. The number of carbonyl (C=O) groups is 1. The van der Waals surface area contributed by atoms with Crippen molar-refractivity contribution < 1.29 is 14.3 Å². The van der Waals surface area contributed by atoms with Crippen molar-refractivity contribution >= 4 is 12.1 Å². The number of ether oxygens (including phenoxy) is 2. The Morgan fingerprint density at radius 3 is 2.76 bits per heavy atom. The van der Waals surface area contributed by atoms with Crippen LogP contribution in [0.15, 0.2) is 4.99 Å². The fourth-order valence-electron chi connectivity index (χ4n) is 3.37. The molecule has 0 saturated carbocycles. The molecule has 1 atom stereocenters. The number of nitrogens with zero attached hydrogens (tertiary/aromatic N) is 4. The largest absolute Gasteiger partial charge is 0.444 e. The molecule has 1 unspecified atom stereocenters. The zero-order valence-corrected chi connectivity index (χ0v) is 15.7. The van der Waals surface area contributed by atoms with Gasteiger partial charge in [-0.15, -0.1) is 0 Å². The first kappa shape index (κ1) is 18.3. The first-order chi connectivity index (χ1) is 11.9. The van der Waals surface area contributed by atoms with E-state index in [1.54, 1.807) is 4.90 Å². The molecule has 1 amide bonds. The molecule has 0 aromatic heterocycles. The van der Waals surface area contributed by atoms with Gasteiger partial charge in [0.15, 0.2) is 5.96 Å². The van der Waals surface area contributed by atoms with Crippen LogP contribution in [0.5, 0.6) is 0 Å². The first-order valence-electron chi connectivity index (χ1n) is 9.25. The molecule has 3 aliphatic rings. The molecule has 2 saturated heterocycles. The molecular formula is C17H31N5O3. The summed E-state index contributed by atoms with van der Waals surface area (Å²) in [6.45, 7) is 14.1. The summed E-state index contributed by atoms with van der Waals surface area (Å²) in [6.07, 6.45) is -0.221. The van der Waals surface area contributed by atoms with Crippen molar-refractivity contribution in [3.63, 3.8) is 0 Å². The van der Waals surface area contributed by atoms with E-state index in [-0.39, 0.29) is 12.1 Å². The molecule has 0 bridgehead atoms. The van der Waals surface area contributed by atoms with Gasteiger partial charge in [0.25, 0.3) is 0 Å². The number of hydrogen-bond donors (Lipinski definition) is 1. The van der Waals surface area contributed by atoms with Gasteiger partial charge in [-0.05, 0) is 20.8 Å². The highest BCUT2D eigenvalue weighted by molar-refractivity contribution is 5.82. The number of fused-ring (bicyclic) bond motifs is 1. The third-order valence-electron chi connectivity index (χ3n) is 4.67. The number of aliphatic imine (C=N–C) groups is 1. The van der Waals surface area contributed by atoms with Crippen LogP contribution in [-0.2, 0) is 9.47 Å². The fraction of sp³-hybridized carbons (Fsp3) is 0.882. The number of amides is 1. The second kappa shape index (κ2) is 7.78. The summed E-state index contributed by atoms with van der Waals surface area (Å²) in [4.78, 5) is 23.4. The van der Waals surface area contributed by atoms with Gasteiger partial charge in [0, 0.05) is 45.8 Å². The summed E-state index contributed by atoms with van der Waals surface area (Å²) in [5, 5.41) is 3.47. The van der Waals surface area contributed by atoms with E-state index in [0.717, 1.165) is 58.4 Å². The molecule has 142 valence electrons. The van der Waals surface area contributed by atoms with Crippen molar-refractivity contribution in [1.82, 2.24) is 20.0 Å². The van der Waals surface area contributed by atoms with Crippen LogP contribution in [0, 0.1) is 0 Å². The molecule has 0 aromatic rings. The van der Waals surface area contributed by atoms with Gasteiger partial charge in [0.2, 0.25) is 0 Å². The summed E-state index contributed by atoms with van der Waals surface area (Å²) in [5.41, 5.74) is -0.452. The lowest BCUT2D eigenvalue weighted by atomic mass is 10.2. The zero-order valence-electron chi connectivity index (χ0n) is 15.7. The second-order valence-electron chi connectivity index (χ2n) is 7.82. The highest BCUT2D eigenvalue weighted by Gasteiger charge is 2.36. The van der Waals surface area contributed by atoms with Crippen LogP contribution in [-0.4, -0.2) is 104 Å². The Bertz CT molecular complexity index is 499. The van der Waals surface area contributed by atoms with E-state index in [0.29, 0.717) is 13.1 Å².